The van der Waals surface area contributed by atoms with Crippen LogP contribution in [0.25, 0.3) is 16.8 Å². The summed E-state index contributed by atoms with van der Waals surface area (Å²) in [5, 5.41) is 12.0. The van der Waals surface area contributed by atoms with E-state index in [0.29, 0.717) is 5.65 Å². The molecule has 0 bridgehead atoms. The molecule has 8 nitrogen and oxygen atoms in total. The maximum absolute atomic E-state index is 4.36. The van der Waals surface area contributed by atoms with Gasteiger partial charge in [-0.1, -0.05) is 0 Å². The minimum Gasteiger partial charge on any atom is -0.340 e. The lowest BCUT2D eigenvalue weighted by Crippen LogP contribution is -2.44. The van der Waals surface area contributed by atoms with E-state index in [1.165, 1.54) is 0 Å². The van der Waals surface area contributed by atoms with Crippen LogP contribution in [0.1, 0.15) is 18.8 Å². The minimum atomic E-state index is 0.217. The van der Waals surface area contributed by atoms with Crippen LogP contribution in [0.3, 0.4) is 0 Å². The molecule has 1 aliphatic heterocycles. The molecule has 20 heavy (non-hydrogen) atoms. The smallest absolute Gasteiger partial charge is 0.189 e. The van der Waals surface area contributed by atoms with Gasteiger partial charge in [-0.3, -0.25) is 9.30 Å². The van der Waals surface area contributed by atoms with Crippen LogP contribution in [0.5, 0.6) is 0 Å². The fraction of sp³-hybridized carbons (Fsp3) is 0.500. The van der Waals surface area contributed by atoms with Crippen LogP contribution in [-0.4, -0.2) is 60.6 Å². The maximum Gasteiger partial charge on any atom is 0.189 e. The van der Waals surface area contributed by atoms with E-state index >= 15 is 0 Å². The monoisotopic (exact) mass is 272 g/mol. The largest absolute Gasteiger partial charge is 0.340 e. The standard InChI is InChI=1S/C12H16N8/c1-8(19-4-2-13-3-5-19)11-17-18-12-9-10(15-6-14-9)16-7-20(11)12/h6-8,13H,2-5H2,1H3,(H,14,15). The van der Waals surface area contributed by atoms with Gasteiger partial charge >= 0.3 is 0 Å². The highest BCUT2D eigenvalue weighted by Gasteiger charge is 2.23. The molecule has 0 radical (unpaired) electrons. The first-order valence-electron chi connectivity index (χ1n) is 6.82. The third-order valence-corrected chi connectivity index (χ3v) is 3.93. The van der Waals surface area contributed by atoms with Gasteiger partial charge in [0.25, 0.3) is 0 Å². The van der Waals surface area contributed by atoms with Gasteiger partial charge in [0.05, 0.1) is 12.4 Å². The number of imidazole rings is 1. The first-order valence-corrected chi connectivity index (χ1v) is 6.82. The van der Waals surface area contributed by atoms with E-state index in [0.717, 1.165) is 43.2 Å². The Balaban J connectivity index is 1.79. The summed E-state index contributed by atoms with van der Waals surface area (Å²) in [4.78, 5) is 14.0. The summed E-state index contributed by atoms with van der Waals surface area (Å²) in [7, 11) is 0. The number of aromatic amines is 1. The van der Waals surface area contributed by atoms with Crippen molar-refractivity contribution in [3.8, 4) is 0 Å². The normalized spacial score (nSPS) is 18.9. The molecule has 1 aliphatic rings. The van der Waals surface area contributed by atoms with Crippen molar-refractivity contribution >= 4 is 16.8 Å². The number of hydrogen-bond acceptors (Lipinski definition) is 6. The van der Waals surface area contributed by atoms with Gasteiger partial charge in [-0.15, -0.1) is 10.2 Å². The molecule has 1 unspecified atom stereocenters. The Labute approximate surface area is 115 Å². The van der Waals surface area contributed by atoms with E-state index in [1.54, 1.807) is 12.7 Å². The molecule has 2 N–H and O–H groups in total. The molecule has 0 saturated carbocycles. The van der Waals surface area contributed by atoms with Crippen molar-refractivity contribution < 1.29 is 0 Å². The zero-order valence-corrected chi connectivity index (χ0v) is 11.2. The molecule has 1 atom stereocenters. The highest BCUT2D eigenvalue weighted by molar-refractivity contribution is 5.84. The second-order valence-electron chi connectivity index (χ2n) is 5.06. The molecule has 0 aliphatic carbocycles. The fourth-order valence-corrected chi connectivity index (χ4v) is 2.77. The number of fused-ring (bicyclic) bond motifs is 3. The van der Waals surface area contributed by atoms with Crippen molar-refractivity contribution in [2.75, 3.05) is 26.2 Å². The van der Waals surface area contributed by atoms with Crippen molar-refractivity contribution in [2.24, 2.45) is 0 Å². The molecule has 3 aromatic rings. The van der Waals surface area contributed by atoms with Gasteiger partial charge in [0.2, 0.25) is 0 Å². The molecule has 4 heterocycles. The third-order valence-electron chi connectivity index (χ3n) is 3.93. The van der Waals surface area contributed by atoms with E-state index in [2.05, 4.69) is 42.3 Å². The van der Waals surface area contributed by atoms with E-state index in [1.807, 2.05) is 4.40 Å². The zero-order chi connectivity index (χ0) is 13.5. The quantitative estimate of drug-likeness (QED) is 0.681. The highest BCUT2D eigenvalue weighted by atomic mass is 15.3. The second kappa shape index (κ2) is 4.50. The molecular weight excluding hydrogens is 256 g/mol. The van der Waals surface area contributed by atoms with Crippen LogP contribution in [-0.2, 0) is 0 Å². The van der Waals surface area contributed by atoms with Crippen LogP contribution in [0.15, 0.2) is 12.7 Å². The van der Waals surface area contributed by atoms with Crippen molar-refractivity contribution in [2.45, 2.75) is 13.0 Å². The van der Waals surface area contributed by atoms with Gasteiger partial charge in [-0.2, -0.15) is 0 Å². The molecule has 1 fully saturated rings. The Kier molecular flexibility index (Phi) is 2.64. The minimum absolute atomic E-state index is 0.217. The molecule has 3 aromatic heterocycles. The molecule has 4 rings (SSSR count). The van der Waals surface area contributed by atoms with Crippen molar-refractivity contribution in [1.29, 1.82) is 0 Å². The van der Waals surface area contributed by atoms with Crippen LogP contribution >= 0.6 is 0 Å². The van der Waals surface area contributed by atoms with Gasteiger partial charge in [0.15, 0.2) is 17.1 Å². The number of rotatable bonds is 2. The van der Waals surface area contributed by atoms with Crippen molar-refractivity contribution in [3.63, 3.8) is 0 Å². The maximum atomic E-state index is 4.36. The Morgan fingerprint density at radius 3 is 2.90 bits per heavy atom. The van der Waals surface area contributed by atoms with Crippen LogP contribution in [0.2, 0.25) is 0 Å². The summed E-state index contributed by atoms with van der Waals surface area (Å²) in [6.07, 6.45) is 3.39. The molecule has 104 valence electrons. The Bertz CT molecular complexity index is 738. The van der Waals surface area contributed by atoms with Gasteiger partial charge in [-0.05, 0) is 6.92 Å². The number of piperazine rings is 1. The first kappa shape index (κ1) is 11.7. The average Bonchev–Trinajstić information content (AvgIpc) is 3.13. The molecular formula is C12H16N8. The van der Waals surface area contributed by atoms with Crippen molar-refractivity contribution in [3.05, 3.63) is 18.5 Å². The molecule has 0 spiro atoms. The lowest BCUT2D eigenvalue weighted by molar-refractivity contribution is 0.178. The SMILES string of the molecule is CC(c1nnc2c3[nH]cnc3ncn12)N1CCNCC1. The number of nitrogens with zero attached hydrogens (tertiary/aromatic N) is 6. The Morgan fingerprint density at radius 1 is 1.20 bits per heavy atom. The highest BCUT2D eigenvalue weighted by Crippen LogP contribution is 2.21. The molecule has 0 aromatic carbocycles. The van der Waals surface area contributed by atoms with Gasteiger partial charge in [-0.25, -0.2) is 9.97 Å². The average molecular weight is 272 g/mol. The lowest BCUT2D eigenvalue weighted by atomic mass is 10.2. The number of aromatic nitrogens is 6. The Morgan fingerprint density at radius 2 is 2.05 bits per heavy atom. The van der Waals surface area contributed by atoms with E-state index < -0.39 is 0 Å². The summed E-state index contributed by atoms with van der Waals surface area (Å²) in [6, 6.07) is 0.217. The van der Waals surface area contributed by atoms with Gasteiger partial charge < -0.3 is 10.3 Å². The fourth-order valence-electron chi connectivity index (χ4n) is 2.77. The summed E-state index contributed by atoms with van der Waals surface area (Å²) in [5.74, 6) is 0.922. The number of nitrogens with one attached hydrogen (secondary N) is 2. The molecule has 8 heteroatoms. The lowest BCUT2D eigenvalue weighted by Gasteiger charge is -2.31. The second-order valence-corrected chi connectivity index (χ2v) is 5.06. The zero-order valence-electron chi connectivity index (χ0n) is 11.2. The molecule has 1 saturated heterocycles. The summed E-state index contributed by atoms with van der Waals surface area (Å²) >= 11 is 0. The number of H-pyrrole nitrogens is 1. The summed E-state index contributed by atoms with van der Waals surface area (Å²) in [6.45, 7) is 6.25. The van der Waals surface area contributed by atoms with Crippen LogP contribution in [0, 0.1) is 0 Å². The third kappa shape index (κ3) is 1.69. The molecule has 0 amide bonds. The Hall–Kier alpha value is -2.06. The predicted molar refractivity (Wildman–Crippen MR) is 73.3 cm³/mol. The van der Waals surface area contributed by atoms with E-state index in [-0.39, 0.29) is 6.04 Å². The summed E-state index contributed by atoms with van der Waals surface area (Å²) in [5.41, 5.74) is 2.29. The summed E-state index contributed by atoms with van der Waals surface area (Å²) < 4.78 is 1.95. The van der Waals surface area contributed by atoms with Crippen LogP contribution < -0.4 is 5.32 Å². The van der Waals surface area contributed by atoms with Crippen molar-refractivity contribution in [1.82, 2.24) is 39.8 Å². The van der Waals surface area contributed by atoms with Gasteiger partial charge in [0, 0.05) is 26.2 Å². The van der Waals surface area contributed by atoms with Crippen LogP contribution in [0.4, 0.5) is 0 Å². The van der Waals surface area contributed by atoms with E-state index in [9.17, 15) is 0 Å². The predicted octanol–water partition coefficient (Wildman–Crippen LogP) is -0.0332. The van der Waals surface area contributed by atoms with Gasteiger partial charge in [0.1, 0.15) is 11.8 Å². The topological polar surface area (TPSA) is 87.0 Å². The van der Waals surface area contributed by atoms with E-state index in [4.69, 9.17) is 0 Å². The number of hydrogen-bond donors (Lipinski definition) is 2. The first-order chi connectivity index (χ1) is 9.84.